The Balaban J connectivity index is 1.71. The second kappa shape index (κ2) is 5.46. The summed E-state index contributed by atoms with van der Waals surface area (Å²) in [6.07, 6.45) is 0. The highest BCUT2D eigenvalue weighted by atomic mass is 16.7. The Bertz CT molecular complexity index is 400. The minimum Gasteiger partial charge on any atom is -0.491 e. The van der Waals surface area contributed by atoms with Gasteiger partial charge >= 0.3 is 0 Å². The van der Waals surface area contributed by atoms with Gasteiger partial charge in [0.1, 0.15) is 12.4 Å². The van der Waals surface area contributed by atoms with Gasteiger partial charge in [0.05, 0.1) is 13.2 Å². The Hall–Kier alpha value is -1.46. The molecule has 0 atom stereocenters. The summed E-state index contributed by atoms with van der Waals surface area (Å²) in [5.74, 6) is 2.22. The van der Waals surface area contributed by atoms with E-state index in [0.717, 1.165) is 17.2 Å². The lowest BCUT2D eigenvalue weighted by Gasteiger charge is -2.18. The van der Waals surface area contributed by atoms with E-state index >= 15 is 0 Å². The van der Waals surface area contributed by atoms with Gasteiger partial charge in [-0.2, -0.15) is 0 Å². The van der Waals surface area contributed by atoms with Crippen molar-refractivity contribution >= 4 is 0 Å². The molecule has 0 aliphatic carbocycles. The molecule has 0 fully saturated rings. The van der Waals surface area contributed by atoms with Crippen LogP contribution in [0.15, 0.2) is 18.2 Å². The second-order valence-electron chi connectivity index (χ2n) is 4.90. The molecule has 0 saturated heterocycles. The Morgan fingerprint density at radius 1 is 1.22 bits per heavy atom. The van der Waals surface area contributed by atoms with Crippen molar-refractivity contribution in [1.29, 1.82) is 0 Å². The number of hydrogen-bond acceptors (Lipinski definition) is 5. The monoisotopic (exact) mass is 253 g/mol. The van der Waals surface area contributed by atoms with E-state index in [-0.39, 0.29) is 12.3 Å². The fourth-order valence-corrected chi connectivity index (χ4v) is 1.52. The molecule has 1 aliphatic rings. The highest BCUT2D eigenvalue weighted by Gasteiger charge is 2.13. The van der Waals surface area contributed by atoms with E-state index in [4.69, 9.17) is 24.7 Å². The number of ether oxygens (including phenoxy) is 4. The van der Waals surface area contributed by atoms with Gasteiger partial charge in [0.2, 0.25) is 6.79 Å². The van der Waals surface area contributed by atoms with Crippen molar-refractivity contribution in [2.24, 2.45) is 5.73 Å². The van der Waals surface area contributed by atoms with Gasteiger partial charge < -0.3 is 24.7 Å². The number of rotatable bonds is 6. The fourth-order valence-electron chi connectivity index (χ4n) is 1.52. The van der Waals surface area contributed by atoms with Crippen molar-refractivity contribution in [3.8, 4) is 17.2 Å². The van der Waals surface area contributed by atoms with Crippen molar-refractivity contribution in [3.05, 3.63) is 18.2 Å². The lowest BCUT2D eigenvalue weighted by molar-refractivity contribution is 0.0724. The summed E-state index contributed by atoms with van der Waals surface area (Å²) in [5.41, 5.74) is 5.49. The molecule has 0 radical (unpaired) electrons. The Morgan fingerprint density at radius 2 is 2.00 bits per heavy atom. The Kier molecular flexibility index (Phi) is 3.93. The molecule has 1 aromatic carbocycles. The highest BCUT2D eigenvalue weighted by molar-refractivity contribution is 5.46. The first kappa shape index (κ1) is 13.0. The molecule has 1 aliphatic heterocycles. The molecule has 0 amide bonds. The van der Waals surface area contributed by atoms with Crippen molar-refractivity contribution in [1.82, 2.24) is 0 Å². The molecule has 0 bridgehead atoms. The number of benzene rings is 1. The van der Waals surface area contributed by atoms with Crippen LogP contribution in [0.5, 0.6) is 17.2 Å². The lowest BCUT2D eigenvalue weighted by atomic mass is 10.1. The van der Waals surface area contributed by atoms with Gasteiger partial charge in [-0.25, -0.2) is 0 Å². The van der Waals surface area contributed by atoms with E-state index in [9.17, 15) is 0 Å². The van der Waals surface area contributed by atoms with Crippen LogP contribution in [0.25, 0.3) is 0 Å². The van der Waals surface area contributed by atoms with Crippen LogP contribution in [0.1, 0.15) is 13.8 Å². The van der Waals surface area contributed by atoms with Crippen molar-refractivity contribution < 1.29 is 18.9 Å². The summed E-state index contributed by atoms with van der Waals surface area (Å²) in [5, 5.41) is 0. The molecule has 0 unspecified atom stereocenters. The molecule has 0 saturated carbocycles. The van der Waals surface area contributed by atoms with E-state index in [0.29, 0.717) is 19.8 Å². The van der Waals surface area contributed by atoms with Gasteiger partial charge in [-0.1, -0.05) is 0 Å². The Morgan fingerprint density at radius 3 is 2.78 bits per heavy atom. The summed E-state index contributed by atoms with van der Waals surface area (Å²) in [6, 6.07) is 5.50. The first-order valence-electron chi connectivity index (χ1n) is 5.94. The predicted molar refractivity (Wildman–Crippen MR) is 67.1 cm³/mol. The Labute approximate surface area is 107 Å². The minimum atomic E-state index is -0.307. The molecular weight excluding hydrogens is 234 g/mol. The van der Waals surface area contributed by atoms with Crippen LogP contribution >= 0.6 is 0 Å². The zero-order valence-electron chi connectivity index (χ0n) is 10.8. The fraction of sp³-hybridized carbons (Fsp3) is 0.538. The van der Waals surface area contributed by atoms with Gasteiger partial charge in [0.25, 0.3) is 0 Å². The summed E-state index contributed by atoms with van der Waals surface area (Å²) in [7, 11) is 0. The number of fused-ring (bicyclic) bond motifs is 1. The van der Waals surface area contributed by atoms with E-state index in [1.54, 1.807) is 0 Å². The van der Waals surface area contributed by atoms with Crippen molar-refractivity contribution in [3.63, 3.8) is 0 Å². The van der Waals surface area contributed by atoms with Crippen LogP contribution in [-0.4, -0.2) is 32.2 Å². The van der Waals surface area contributed by atoms with Crippen molar-refractivity contribution in [2.45, 2.75) is 19.4 Å². The maximum Gasteiger partial charge on any atom is 0.231 e. The predicted octanol–water partition coefficient (Wildman–Crippen LogP) is 1.55. The van der Waals surface area contributed by atoms with Crippen LogP contribution in [0.4, 0.5) is 0 Å². The minimum absolute atomic E-state index is 0.271. The third-order valence-corrected chi connectivity index (χ3v) is 2.31. The number of nitrogens with two attached hydrogens (primary N) is 1. The topological polar surface area (TPSA) is 62.9 Å². The van der Waals surface area contributed by atoms with Gasteiger partial charge in [-0.05, 0) is 26.0 Å². The zero-order chi connectivity index (χ0) is 13.0. The van der Waals surface area contributed by atoms with E-state index in [1.807, 2.05) is 32.0 Å². The summed E-state index contributed by atoms with van der Waals surface area (Å²) >= 11 is 0. The van der Waals surface area contributed by atoms with Crippen LogP contribution in [0.3, 0.4) is 0 Å². The van der Waals surface area contributed by atoms with Gasteiger partial charge in [-0.15, -0.1) is 0 Å². The second-order valence-corrected chi connectivity index (χ2v) is 4.90. The summed E-state index contributed by atoms with van der Waals surface area (Å²) in [4.78, 5) is 0. The molecule has 0 spiro atoms. The molecule has 5 heteroatoms. The van der Waals surface area contributed by atoms with E-state index < -0.39 is 0 Å². The first-order chi connectivity index (χ1) is 8.54. The van der Waals surface area contributed by atoms with Crippen LogP contribution in [0.2, 0.25) is 0 Å². The molecule has 0 aromatic heterocycles. The summed E-state index contributed by atoms with van der Waals surface area (Å²) in [6.45, 7) is 5.62. The molecule has 100 valence electrons. The standard InChI is InChI=1S/C13H19NO4/c1-13(2,14)8-15-5-6-16-10-3-4-11-12(7-10)18-9-17-11/h3-4,7H,5-6,8-9,14H2,1-2H3. The summed E-state index contributed by atoms with van der Waals surface area (Å²) < 4.78 is 21.4. The van der Waals surface area contributed by atoms with Crippen LogP contribution < -0.4 is 19.9 Å². The average Bonchev–Trinajstić information content (AvgIpc) is 2.74. The van der Waals surface area contributed by atoms with Crippen LogP contribution in [-0.2, 0) is 4.74 Å². The maximum absolute atomic E-state index is 5.79. The molecular formula is C13H19NO4. The van der Waals surface area contributed by atoms with Gasteiger partial charge in [0, 0.05) is 11.6 Å². The molecule has 1 heterocycles. The van der Waals surface area contributed by atoms with Crippen molar-refractivity contribution in [2.75, 3.05) is 26.6 Å². The van der Waals surface area contributed by atoms with E-state index in [1.165, 1.54) is 0 Å². The molecule has 18 heavy (non-hydrogen) atoms. The maximum atomic E-state index is 5.79. The molecule has 2 N–H and O–H groups in total. The van der Waals surface area contributed by atoms with E-state index in [2.05, 4.69) is 0 Å². The average molecular weight is 253 g/mol. The zero-order valence-corrected chi connectivity index (χ0v) is 10.8. The number of hydrogen-bond donors (Lipinski definition) is 1. The molecule has 1 aromatic rings. The third kappa shape index (κ3) is 3.78. The molecule has 5 nitrogen and oxygen atoms in total. The SMILES string of the molecule is CC(C)(N)COCCOc1ccc2c(c1)OCO2. The lowest BCUT2D eigenvalue weighted by Crippen LogP contribution is -2.37. The quantitative estimate of drug-likeness (QED) is 0.779. The highest BCUT2D eigenvalue weighted by Crippen LogP contribution is 2.34. The third-order valence-electron chi connectivity index (χ3n) is 2.31. The van der Waals surface area contributed by atoms with Gasteiger partial charge in [0.15, 0.2) is 11.5 Å². The molecule has 2 rings (SSSR count). The van der Waals surface area contributed by atoms with Gasteiger partial charge in [-0.3, -0.25) is 0 Å². The normalized spacial score (nSPS) is 13.7. The first-order valence-corrected chi connectivity index (χ1v) is 5.94. The smallest absolute Gasteiger partial charge is 0.231 e. The largest absolute Gasteiger partial charge is 0.491 e. The van der Waals surface area contributed by atoms with Crippen LogP contribution in [0, 0.1) is 0 Å².